The second kappa shape index (κ2) is 2.97. The van der Waals surface area contributed by atoms with Crippen LogP contribution in [0.15, 0.2) is 23.6 Å². The number of nitrogens with zero attached hydrogens (tertiary/aromatic N) is 1. The Morgan fingerprint density at radius 1 is 1.46 bits per heavy atom. The molecule has 1 aromatic heterocycles. The molecule has 0 unspecified atom stereocenters. The highest BCUT2D eigenvalue weighted by Gasteiger charge is 2.13. The Morgan fingerprint density at radius 2 is 2.23 bits per heavy atom. The molecular weight excluding hydrogens is 210 g/mol. The maximum absolute atomic E-state index is 10.5. The summed E-state index contributed by atoms with van der Waals surface area (Å²) in [6.45, 7) is 0. The number of nitro groups is 1. The van der Waals surface area contributed by atoms with E-state index in [4.69, 9.17) is 11.6 Å². The van der Waals surface area contributed by atoms with Crippen LogP contribution < -0.4 is 0 Å². The van der Waals surface area contributed by atoms with E-state index >= 15 is 0 Å². The van der Waals surface area contributed by atoms with Crippen LogP contribution in [0.1, 0.15) is 0 Å². The average Bonchev–Trinajstić information content (AvgIpc) is 2.48. The van der Waals surface area contributed by atoms with Gasteiger partial charge in [0, 0.05) is 10.8 Å². The van der Waals surface area contributed by atoms with E-state index in [-0.39, 0.29) is 10.7 Å². The molecule has 0 spiro atoms. The van der Waals surface area contributed by atoms with Gasteiger partial charge in [0.05, 0.1) is 4.92 Å². The Kier molecular flexibility index (Phi) is 1.94. The Balaban J connectivity index is 2.76. The molecule has 66 valence electrons. The van der Waals surface area contributed by atoms with Crippen LogP contribution in [0.4, 0.5) is 5.69 Å². The number of nitro benzene ring substituents is 1. The van der Waals surface area contributed by atoms with Gasteiger partial charge in [0.15, 0.2) is 0 Å². The molecule has 0 radical (unpaired) electrons. The van der Waals surface area contributed by atoms with Crippen LogP contribution in [0.3, 0.4) is 0 Å². The highest BCUT2D eigenvalue weighted by Crippen LogP contribution is 2.32. The second-order valence-electron chi connectivity index (χ2n) is 2.52. The molecule has 0 fully saturated rings. The summed E-state index contributed by atoms with van der Waals surface area (Å²) in [7, 11) is 0. The van der Waals surface area contributed by atoms with Crippen molar-refractivity contribution in [2.75, 3.05) is 0 Å². The quantitative estimate of drug-likeness (QED) is 0.538. The fourth-order valence-electron chi connectivity index (χ4n) is 1.11. The van der Waals surface area contributed by atoms with E-state index < -0.39 is 4.92 Å². The lowest BCUT2D eigenvalue weighted by atomic mass is 10.2. The van der Waals surface area contributed by atoms with E-state index in [1.807, 2.05) is 11.4 Å². The molecule has 1 aromatic carbocycles. The number of hydrogen-bond donors (Lipinski definition) is 0. The molecule has 2 rings (SSSR count). The Morgan fingerprint density at radius 3 is 2.92 bits per heavy atom. The fraction of sp³-hybridized carbons (Fsp3) is 0. The van der Waals surface area contributed by atoms with Crippen LogP contribution in [0.2, 0.25) is 5.02 Å². The Labute approximate surface area is 82.7 Å². The van der Waals surface area contributed by atoms with Crippen molar-refractivity contribution < 1.29 is 4.92 Å². The molecule has 0 bridgehead atoms. The number of benzene rings is 1. The van der Waals surface area contributed by atoms with E-state index in [9.17, 15) is 10.1 Å². The average molecular weight is 214 g/mol. The van der Waals surface area contributed by atoms with Gasteiger partial charge in [-0.2, -0.15) is 0 Å². The molecule has 0 saturated heterocycles. The summed E-state index contributed by atoms with van der Waals surface area (Å²) in [5, 5.41) is 13.4. The standard InChI is InChI=1S/C8H4ClNO2S/c9-6-4-8-5(1-2-13-8)3-7(6)10(11)12/h1-4H. The predicted molar refractivity (Wildman–Crippen MR) is 53.5 cm³/mol. The van der Waals surface area contributed by atoms with Crippen LogP contribution >= 0.6 is 22.9 Å². The normalized spacial score (nSPS) is 10.5. The zero-order chi connectivity index (χ0) is 9.42. The van der Waals surface area contributed by atoms with Crippen molar-refractivity contribution in [1.29, 1.82) is 0 Å². The number of thiophene rings is 1. The third-order valence-corrected chi connectivity index (χ3v) is 2.90. The Hall–Kier alpha value is -1.13. The topological polar surface area (TPSA) is 43.1 Å². The predicted octanol–water partition coefficient (Wildman–Crippen LogP) is 3.46. The van der Waals surface area contributed by atoms with Gasteiger partial charge in [-0.05, 0) is 22.9 Å². The van der Waals surface area contributed by atoms with Crippen LogP contribution in [-0.4, -0.2) is 4.92 Å². The van der Waals surface area contributed by atoms with Crippen LogP contribution in [0.25, 0.3) is 10.1 Å². The summed E-state index contributed by atoms with van der Waals surface area (Å²) < 4.78 is 0.968. The second-order valence-corrected chi connectivity index (χ2v) is 3.87. The SMILES string of the molecule is O=[N+]([O-])c1cc2ccsc2cc1Cl. The van der Waals surface area contributed by atoms with Gasteiger partial charge in [-0.15, -0.1) is 11.3 Å². The van der Waals surface area contributed by atoms with Crippen LogP contribution in [0.5, 0.6) is 0 Å². The summed E-state index contributed by atoms with van der Waals surface area (Å²) in [6.07, 6.45) is 0. The first-order valence-electron chi connectivity index (χ1n) is 3.49. The first-order valence-corrected chi connectivity index (χ1v) is 4.75. The number of fused-ring (bicyclic) bond motifs is 1. The molecule has 0 aliphatic carbocycles. The number of hydrogen-bond acceptors (Lipinski definition) is 3. The van der Waals surface area contributed by atoms with Gasteiger partial charge in [0.2, 0.25) is 0 Å². The zero-order valence-corrected chi connectivity index (χ0v) is 7.93. The summed E-state index contributed by atoms with van der Waals surface area (Å²) in [4.78, 5) is 10.0. The zero-order valence-electron chi connectivity index (χ0n) is 6.36. The summed E-state index contributed by atoms with van der Waals surface area (Å²) in [6, 6.07) is 4.96. The minimum atomic E-state index is -0.473. The largest absolute Gasteiger partial charge is 0.288 e. The maximum atomic E-state index is 10.5. The van der Waals surface area contributed by atoms with Crippen molar-refractivity contribution in [1.82, 2.24) is 0 Å². The highest BCUT2D eigenvalue weighted by molar-refractivity contribution is 7.17. The summed E-state index contributed by atoms with van der Waals surface area (Å²) in [5.41, 5.74) is -0.0347. The van der Waals surface area contributed by atoms with Crippen molar-refractivity contribution in [2.24, 2.45) is 0 Å². The van der Waals surface area contributed by atoms with Crippen molar-refractivity contribution in [2.45, 2.75) is 0 Å². The van der Waals surface area contributed by atoms with Crippen LogP contribution in [-0.2, 0) is 0 Å². The van der Waals surface area contributed by atoms with Gasteiger partial charge in [-0.3, -0.25) is 10.1 Å². The monoisotopic (exact) mass is 213 g/mol. The lowest BCUT2D eigenvalue weighted by Crippen LogP contribution is -1.87. The van der Waals surface area contributed by atoms with Gasteiger partial charge in [-0.25, -0.2) is 0 Å². The van der Waals surface area contributed by atoms with Gasteiger partial charge in [-0.1, -0.05) is 11.6 Å². The molecule has 3 nitrogen and oxygen atoms in total. The minimum absolute atomic E-state index is 0.0347. The molecule has 1 heterocycles. The molecule has 5 heteroatoms. The van der Waals surface area contributed by atoms with Crippen molar-refractivity contribution in [3.63, 3.8) is 0 Å². The van der Waals surface area contributed by atoms with E-state index in [0.717, 1.165) is 10.1 Å². The van der Waals surface area contributed by atoms with E-state index in [0.29, 0.717) is 0 Å². The van der Waals surface area contributed by atoms with Crippen molar-refractivity contribution in [3.8, 4) is 0 Å². The molecule has 13 heavy (non-hydrogen) atoms. The minimum Gasteiger partial charge on any atom is -0.258 e. The van der Waals surface area contributed by atoms with Crippen molar-refractivity contribution in [3.05, 3.63) is 38.7 Å². The lowest BCUT2D eigenvalue weighted by Gasteiger charge is -1.94. The summed E-state index contributed by atoms with van der Waals surface area (Å²) in [5.74, 6) is 0. The summed E-state index contributed by atoms with van der Waals surface area (Å²) >= 11 is 7.23. The maximum Gasteiger partial charge on any atom is 0.288 e. The highest BCUT2D eigenvalue weighted by atomic mass is 35.5. The third-order valence-electron chi connectivity index (χ3n) is 1.72. The lowest BCUT2D eigenvalue weighted by molar-refractivity contribution is -0.384. The van der Waals surface area contributed by atoms with Crippen molar-refractivity contribution >= 4 is 38.7 Å². The van der Waals surface area contributed by atoms with Gasteiger partial charge >= 0.3 is 0 Å². The molecular formula is C8H4ClNO2S. The molecule has 2 aromatic rings. The first-order chi connectivity index (χ1) is 6.18. The van der Waals surface area contributed by atoms with E-state index in [2.05, 4.69) is 0 Å². The molecule has 0 saturated carbocycles. The molecule has 0 atom stereocenters. The molecule has 0 N–H and O–H groups in total. The van der Waals surface area contributed by atoms with Crippen LogP contribution in [0, 0.1) is 10.1 Å². The molecule has 0 amide bonds. The number of rotatable bonds is 1. The van der Waals surface area contributed by atoms with Gasteiger partial charge in [0.1, 0.15) is 5.02 Å². The number of halogens is 1. The van der Waals surface area contributed by atoms with Gasteiger partial charge < -0.3 is 0 Å². The van der Waals surface area contributed by atoms with Gasteiger partial charge in [0.25, 0.3) is 5.69 Å². The first kappa shape index (κ1) is 8.47. The third kappa shape index (κ3) is 1.38. The fourth-order valence-corrected chi connectivity index (χ4v) is 2.22. The smallest absolute Gasteiger partial charge is 0.258 e. The van der Waals surface area contributed by atoms with E-state index in [1.165, 1.54) is 17.4 Å². The molecule has 0 aliphatic rings. The molecule has 0 aliphatic heterocycles. The Bertz CT molecular complexity index is 480. The van der Waals surface area contributed by atoms with E-state index in [1.54, 1.807) is 6.07 Å².